The van der Waals surface area contributed by atoms with E-state index in [-0.39, 0.29) is 11.9 Å². The number of rotatable bonds is 5. The van der Waals surface area contributed by atoms with Crippen LogP contribution in [-0.2, 0) is 11.3 Å². The monoisotopic (exact) mass is 315 g/mol. The second kappa shape index (κ2) is 6.58. The molecule has 1 N–H and O–H groups in total. The minimum Gasteiger partial charge on any atom is -0.341 e. The van der Waals surface area contributed by atoms with Crippen LogP contribution < -0.4 is 5.32 Å². The van der Waals surface area contributed by atoms with Gasteiger partial charge in [-0.1, -0.05) is 24.3 Å². The van der Waals surface area contributed by atoms with E-state index in [1.54, 1.807) is 11.3 Å². The maximum atomic E-state index is 11.7. The minimum atomic E-state index is 0.260. The normalized spacial score (nSPS) is 18.2. The molecule has 116 valence electrons. The van der Waals surface area contributed by atoms with Gasteiger partial charge in [0.25, 0.3) is 0 Å². The van der Waals surface area contributed by atoms with Crippen molar-refractivity contribution in [2.45, 2.75) is 32.9 Å². The van der Waals surface area contributed by atoms with Crippen LogP contribution in [-0.4, -0.2) is 34.9 Å². The van der Waals surface area contributed by atoms with Crippen molar-refractivity contribution in [3.63, 3.8) is 0 Å². The van der Waals surface area contributed by atoms with Gasteiger partial charge in [-0.2, -0.15) is 0 Å². The first-order valence-corrected chi connectivity index (χ1v) is 8.56. The molecule has 2 aromatic rings. The third-order valence-electron chi connectivity index (χ3n) is 4.15. The van der Waals surface area contributed by atoms with Gasteiger partial charge in [0.2, 0.25) is 5.91 Å². The number of thiazole rings is 1. The number of likely N-dealkylation sites (N-methyl/N-ethyl adjacent to an activating group) is 1. The number of nitrogens with one attached hydrogen (secondary N) is 1. The van der Waals surface area contributed by atoms with Crippen LogP contribution in [0, 0.1) is 6.92 Å². The third kappa shape index (κ3) is 3.20. The highest BCUT2D eigenvalue weighted by molar-refractivity contribution is 7.13. The fourth-order valence-electron chi connectivity index (χ4n) is 2.83. The van der Waals surface area contributed by atoms with Gasteiger partial charge in [-0.25, -0.2) is 4.98 Å². The smallest absolute Gasteiger partial charge is 0.224 e. The molecule has 1 aromatic heterocycles. The summed E-state index contributed by atoms with van der Waals surface area (Å²) in [4.78, 5) is 19.2. The Morgan fingerprint density at radius 2 is 2.14 bits per heavy atom. The summed E-state index contributed by atoms with van der Waals surface area (Å²) < 4.78 is 0. The molecule has 0 spiro atoms. The van der Waals surface area contributed by atoms with Crippen LogP contribution >= 0.6 is 11.3 Å². The van der Waals surface area contributed by atoms with E-state index < -0.39 is 0 Å². The Hall–Kier alpha value is -1.72. The molecule has 0 aliphatic carbocycles. The molecule has 1 amide bonds. The fraction of sp³-hybridized carbons (Fsp3) is 0.412. The summed E-state index contributed by atoms with van der Waals surface area (Å²) in [5, 5.41) is 3.49. The fourth-order valence-corrected chi connectivity index (χ4v) is 3.64. The molecule has 1 atom stereocenters. The molecular formula is C17H21N3OS. The predicted molar refractivity (Wildman–Crippen MR) is 89.8 cm³/mol. The van der Waals surface area contributed by atoms with E-state index >= 15 is 0 Å². The summed E-state index contributed by atoms with van der Waals surface area (Å²) in [6, 6.07) is 8.87. The lowest BCUT2D eigenvalue weighted by Crippen LogP contribution is -2.32. The molecule has 1 aromatic carbocycles. The standard InChI is InChI=1S/C17H21N3OS/c1-3-20-10-15(8-16(20)21)18-9-13-4-6-14(7-5-13)17-12(2)19-11-22-17/h4-7,11,15,18H,3,8-10H2,1-2H3. The molecule has 1 unspecified atom stereocenters. The molecule has 1 aliphatic rings. The van der Waals surface area contributed by atoms with Crippen molar-refractivity contribution in [2.24, 2.45) is 0 Å². The van der Waals surface area contributed by atoms with Gasteiger partial charge < -0.3 is 10.2 Å². The minimum absolute atomic E-state index is 0.260. The number of benzene rings is 1. The molecule has 3 rings (SSSR count). The topological polar surface area (TPSA) is 45.2 Å². The van der Waals surface area contributed by atoms with Gasteiger partial charge in [-0.3, -0.25) is 4.79 Å². The molecule has 1 fully saturated rings. The third-order valence-corrected chi connectivity index (χ3v) is 5.13. The summed E-state index contributed by atoms with van der Waals surface area (Å²) in [5.74, 6) is 0.260. The zero-order chi connectivity index (χ0) is 15.5. The lowest BCUT2D eigenvalue weighted by molar-refractivity contribution is -0.127. The van der Waals surface area contributed by atoms with E-state index in [9.17, 15) is 4.79 Å². The molecule has 0 radical (unpaired) electrons. The first-order chi connectivity index (χ1) is 10.7. The van der Waals surface area contributed by atoms with Crippen molar-refractivity contribution in [3.8, 4) is 10.4 Å². The Morgan fingerprint density at radius 1 is 1.36 bits per heavy atom. The van der Waals surface area contributed by atoms with E-state index in [0.717, 1.165) is 25.3 Å². The maximum absolute atomic E-state index is 11.7. The Morgan fingerprint density at radius 3 is 2.73 bits per heavy atom. The van der Waals surface area contributed by atoms with Gasteiger partial charge >= 0.3 is 0 Å². The van der Waals surface area contributed by atoms with E-state index in [1.165, 1.54) is 16.0 Å². The first kappa shape index (κ1) is 15.2. The summed E-state index contributed by atoms with van der Waals surface area (Å²) in [5.41, 5.74) is 5.43. The molecule has 4 nitrogen and oxygen atoms in total. The van der Waals surface area contributed by atoms with Crippen molar-refractivity contribution in [3.05, 3.63) is 41.0 Å². The number of carbonyl (C=O) groups excluding carboxylic acids is 1. The summed E-state index contributed by atoms with van der Waals surface area (Å²) in [6.45, 7) is 6.50. The average Bonchev–Trinajstić information content (AvgIpc) is 3.11. The average molecular weight is 315 g/mol. The molecular weight excluding hydrogens is 294 g/mol. The van der Waals surface area contributed by atoms with Crippen molar-refractivity contribution in [1.82, 2.24) is 15.2 Å². The first-order valence-electron chi connectivity index (χ1n) is 7.68. The van der Waals surface area contributed by atoms with E-state index in [4.69, 9.17) is 0 Å². The number of hydrogen-bond donors (Lipinski definition) is 1. The number of aryl methyl sites for hydroxylation is 1. The van der Waals surface area contributed by atoms with Crippen LogP contribution in [0.25, 0.3) is 10.4 Å². The SMILES string of the molecule is CCN1CC(NCc2ccc(-c3scnc3C)cc2)CC1=O. The molecule has 5 heteroatoms. The summed E-state index contributed by atoms with van der Waals surface area (Å²) >= 11 is 1.68. The lowest BCUT2D eigenvalue weighted by atomic mass is 10.1. The largest absolute Gasteiger partial charge is 0.341 e. The highest BCUT2D eigenvalue weighted by Crippen LogP contribution is 2.27. The van der Waals surface area contributed by atoms with Gasteiger partial charge in [-0.15, -0.1) is 11.3 Å². The number of nitrogens with zero attached hydrogens (tertiary/aromatic N) is 2. The van der Waals surface area contributed by atoms with E-state index in [2.05, 4.69) is 34.6 Å². The number of amides is 1. The van der Waals surface area contributed by atoms with E-state index in [1.807, 2.05) is 24.3 Å². The summed E-state index contributed by atoms with van der Waals surface area (Å²) in [6.07, 6.45) is 0.617. The molecule has 22 heavy (non-hydrogen) atoms. The molecule has 1 aliphatic heterocycles. The maximum Gasteiger partial charge on any atom is 0.224 e. The Kier molecular flexibility index (Phi) is 4.55. The quantitative estimate of drug-likeness (QED) is 0.923. The summed E-state index contributed by atoms with van der Waals surface area (Å²) in [7, 11) is 0. The van der Waals surface area contributed by atoms with Crippen molar-refractivity contribution in [2.75, 3.05) is 13.1 Å². The van der Waals surface area contributed by atoms with Crippen LogP contribution in [0.3, 0.4) is 0 Å². The van der Waals surface area contributed by atoms with Gasteiger partial charge in [0, 0.05) is 32.1 Å². The second-order valence-corrected chi connectivity index (χ2v) is 6.53. The molecule has 0 saturated carbocycles. The highest BCUT2D eigenvalue weighted by Gasteiger charge is 2.27. The van der Waals surface area contributed by atoms with Crippen LogP contribution in [0.15, 0.2) is 29.8 Å². The van der Waals surface area contributed by atoms with Gasteiger partial charge in [0.15, 0.2) is 0 Å². The van der Waals surface area contributed by atoms with Gasteiger partial charge in [0.1, 0.15) is 0 Å². The molecule has 2 heterocycles. The number of hydrogen-bond acceptors (Lipinski definition) is 4. The second-order valence-electron chi connectivity index (χ2n) is 5.68. The van der Waals surface area contributed by atoms with Gasteiger partial charge in [-0.05, 0) is 25.0 Å². The number of likely N-dealkylation sites (tertiary alicyclic amines) is 1. The lowest BCUT2D eigenvalue weighted by Gasteiger charge is -2.14. The molecule has 0 bridgehead atoms. The van der Waals surface area contributed by atoms with Gasteiger partial charge in [0.05, 0.1) is 16.1 Å². The van der Waals surface area contributed by atoms with Crippen LogP contribution in [0.5, 0.6) is 0 Å². The number of aromatic nitrogens is 1. The van der Waals surface area contributed by atoms with Crippen molar-refractivity contribution < 1.29 is 4.79 Å². The van der Waals surface area contributed by atoms with E-state index in [0.29, 0.717) is 6.42 Å². The van der Waals surface area contributed by atoms with Crippen molar-refractivity contribution >= 4 is 17.2 Å². The Balaban J connectivity index is 1.58. The molecule has 1 saturated heterocycles. The Bertz CT molecular complexity index is 650. The Labute approximate surface area is 135 Å². The number of carbonyl (C=O) groups is 1. The zero-order valence-electron chi connectivity index (χ0n) is 13.0. The zero-order valence-corrected chi connectivity index (χ0v) is 13.8. The predicted octanol–water partition coefficient (Wildman–Crippen LogP) is 2.83. The van der Waals surface area contributed by atoms with Crippen LogP contribution in [0.4, 0.5) is 0 Å². The van der Waals surface area contributed by atoms with Crippen molar-refractivity contribution in [1.29, 1.82) is 0 Å². The van der Waals surface area contributed by atoms with Crippen LogP contribution in [0.1, 0.15) is 24.6 Å². The van der Waals surface area contributed by atoms with Crippen LogP contribution in [0.2, 0.25) is 0 Å². The highest BCUT2D eigenvalue weighted by atomic mass is 32.1.